The molecule has 2 aromatic carbocycles. The molecule has 0 bridgehead atoms. The summed E-state index contributed by atoms with van der Waals surface area (Å²) in [4.78, 5) is 36.8. The van der Waals surface area contributed by atoms with Gasteiger partial charge in [-0.1, -0.05) is 42.5 Å². The van der Waals surface area contributed by atoms with Gasteiger partial charge in [0, 0.05) is 13.6 Å². The van der Waals surface area contributed by atoms with E-state index in [2.05, 4.69) is 17.4 Å². The van der Waals surface area contributed by atoms with Gasteiger partial charge in [0.05, 0.1) is 10.9 Å². The second kappa shape index (κ2) is 7.82. The maximum atomic E-state index is 12.4. The van der Waals surface area contributed by atoms with Crippen molar-refractivity contribution >= 4 is 16.8 Å². The van der Waals surface area contributed by atoms with Gasteiger partial charge in [0.2, 0.25) is 5.91 Å². The van der Waals surface area contributed by atoms with Gasteiger partial charge in [0.15, 0.2) is 0 Å². The second-order valence-corrected chi connectivity index (χ2v) is 6.19. The molecule has 1 N–H and O–H groups in total. The van der Waals surface area contributed by atoms with Gasteiger partial charge in [0.25, 0.3) is 5.56 Å². The molecule has 0 spiro atoms. The molecule has 0 aliphatic heterocycles. The van der Waals surface area contributed by atoms with Crippen molar-refractivity contribution < 1.29 is 4.79 Å². The normalized spacial score (nSPS) is 10.8. The summed E-state index contributed by atoms with van der Waals surface area (Å²) in [6, 6.07) is 16.9. The first-order valence-corrected chi connectivity index (χ1v) is 8.57. The van der Waals surface area contributed by atoms with Crippen molar-refractivity contribution in [3.63, 3.8) is 0 Å². The zero-order valence-corrected chi connectivity index (χ0v) is 14.6. The van der Waals surface area contributed by atoms with Crippen LogP contribution in [0.4, 0.5) is 0 Å². The van der Waals surface area contributed by atoms with E-state index in [1.165, 1.54) is 17.2 Å². The van der Waals surface area contributed by atoms with Crippen LogP contribution in [-0.2, 0) is 24.8 Å². The predicted octanol–water partition coefficient (Wildman–Crippen LogP) is 1.45. The number of nitrogens with one attached hydrogen (secondary N) is 1. The molecule has 6 heteroatoms. The molecule has 1 heterocycles. The van der Waals surface area contributed by atoms with E-state index in [-0.39, 0.29) is 18.0 Å². The van der Waals surface area contributed by atoms with E-state index >= 15 is 0 Å². The molecule has 0 aliphatic carbocycles. The van der Waals surface area contributed by atoms with Crippen molar-refractivity contribution in [1.82, 2.24) is 14.5 Å². The minimum Gasteiger partial charge on any atom is -0.355 e. The van der Waals surface area contributed by atoms with Gasteiger partial charge in [-0.3, -0.25) is 18.7 Å². The lowest BCUT2D eigenvalue weighted by molar-refractivity contribution is -0.121. The zero-order valence-electron chi connectivity index (χ0n) is 14.6. The largest absolute Gasteiger partial charge is 0.355 e. The summed E-state index contributed by atoms with van der Waals surface area (Å²) in [7, 11) is 1.42. The molecule has 0 radical (unpaired) electrons. The highest BCUT2D eigenvalue weighted by atomic mass is 16.2. The van der Waals surface area contributed by atoms with E-state index in [0.29, 0.717) is 17.4 Å². The van der Waals surface area contributed by atoms with Gasteiger partial charge < -0.3 is 5.32 Å². The molecule has 0 saturated heterocycles. The second-order valence-electron chi connectivity index (χ2n) is 6.19. The summed E-state index contributed by atoms with van der Waals surface area (Å²) in [6.07, 6.45) is 1.70. The van der Waals surface area contributed by atoms with Crippen LogP contribution in [0.1, 0.15) is 12.0 Å². The van der Waals surface area contributed by atoms with Gasteiger partial charge in [-0.05, 0) is 30.5 Å². The minimum absolute atomic E-state index is 0.112. The molecule has 0 saturated carbocycles. The van der Waals surface area contributed by atoms with E-state index in [9.17, 15) is 14.4 Å². The van der Waals surface area contributed by atoms with Crippen molar-refractivity contribution in [2.24, 2.45) is 7.05 Å². The van der Waals surface area contributed by atoms with Gasteiger partial charge in [0.1, 0.15) is 6.54 Å². The molecule has 1 amide bonds. The average Bonchev–Trinajstić information content (AvgIpc) is 2.68. The number of hydrogen-bond acceptors (Lipinski definition) is 3. The van der Waals surface area contributed by atoms with Crippen LogP contribution in [0.25, 0.3) is 10.9 Å². The molecule has 0 unspecified atom stereocenters. The summed E-state index contributed by atoms with van der Waals surface area (Å²) in [6.45, 7) is 0.422. The van der Waals surface area contributed by atoms with Gasteiger partial charge in [-0.25, -0.2) is 4.79 Å². The molecular weight excluding hydrogens is 330 g/mol. The topological polar surface area (TPSA) is 73.1 Å². The molecule has 3 rings (SSSR count). The number of para-hydroxylation sites is 1. The molecular formula is C20H21N3O3. The van der Waals surface area contributed by atoms with Gasteiger partial charge >= 0.3 is 5.69 Å². The van der Waals surface area contributed by atoms with Crippen molar-refractivity contribution in [1.29, 1.82) is 0 Å². The van der Waals surface area contributed by atoms with Crippen LogP contribution in [0.2, 0.25) is 0 Å². The standard InChI is InChI=1S/C20H21N3O3/c1-22-19(25)16-11-5-6-12-17(16)23(20(22)26)14-18(24)21-13-7-10-15-8-3-2-4-9-15/h2-6,8-9,11-12H,7,10,13-14H2,1H3,(H,21,24). The Morgan fingerprint density at radius 3 is 2.46 bits per heavy atom. The van der Waals surface area contributed by atoms with Crippen LogP contribution in [0.5, 0.6) is 0 Å². The molecule has 0 aliphatic rings. The Kier molecular flexibility index (Phi) is 5.31. The van der Waals surface area contributed by atoms with Crippen LogP contribution in [0.15, 0.2) is 64.2 Å². The van der Waals surface area contributed by atoms with Crippen LogP contribution in [0.3, 0.4) is 0 Å². The fraction of sp³-hybridized carbons (Fsp3) is 0.250. The lowest BCUT2D eigenvalue weighted by atomic mass is 10.1. The number of carbonyl (C=O) groups is 1. The van der Waals surface area contributed by atoms with Crippen LogP contribution < -0.4 is 16.6 Å². The Balaban J connectivity index is 1.68. The Morgan fingerprint density at radius 1 is 1.00 bits per heavy atom. The number of carbonyl (C=O) groups excluding carboxylic acids is 1. The SMILES string of the molecule is Cn1c(=O)c2ccccc2n(CC(=O)NCCCc2ccccc2)c1=O. The van der Waals surface area contributed by atoms with Crippen molar-refractivity contribution in [2.75, 3.05) is 6.54 Å². The third-order valence-corrected chi connectivity index (χ3v) is 4.36. The highest BCUT2D eigenvalue weighted by Crippen LogP contribution is 2.07. The van der Waals surface area contributed by atoms with Crippen molar-refractivity contribution in [2.45, 2.75) is 19.4 Å². The fourth-order valence-corrected chi connectivity index (χ4v) is 2.96. The molecule has 134 valence electrons. The van der Waals surface area contributed by atoms with E-state index in [4.69, 9.17) is 0 Å². The number of amides is 1. The molecule has 26 heavy (non-hydrogen) atoms. The lowest BCUT2D eigenvalue weighted by Gasteiger charge is -2.12. The number of fused-ring (bicyclic) bond motifs is 1. The summed E-state index contributed by atoms with van der Waals surface area (Å²) >= 11 is 0. The van der Waals surface area contributed by atoms with Gasteiger partial charge in [-0.15, -0.1) is 0 Å². The number of aryl methyl sites for hydroxylation is 1. The maximum absolute atomic E-state index is 12.4. The first-order valence-electron chi connectivity index (χ1n) is 8.57. The summed E-state index contributed by atoms with van der Waals surface area (Å²) in [5.74, 6) is -0.246. The van der Waals surface area contributed by atoms with Crippen molar-refractivity contribution in [3.05, 3.63) is 81.0 Å². The van der Waals surface area contributed by atoms with E-state index in [1.54, 1.807) is 24.3 Å². The number of rotatable bonds is 6. The third kappa shape index (κ3) is 3.74. The third-order valence-electron chi connectivity index (χ3n) is 4.36. The number of nitrogens with zero attached hydrogens (tertiary/aromatic N) is 2. The first kappa shape index (κ1) is 17.7. The highest BCUT2D eigenvalue weighted by Gasteiger charge is 2.12. The smallest absolute Gasteiger partial charge is 0.331 e. The van der Waals surface area contributed by atoms with Crippen LogP contribution in [-0.4, -0.2) is 21.6 Å². The monoisotopic (exact) mass is 351 g/mol. The zero-order chi connectivity index (χ0) is 18.5. The van der Waals surface area contributed by atoms with E-state index in [0.717, 1.165) is 17.4 Å². The van der Waals surface area contributed by atoms with Gasteiger partial charge in [-0.2, -0.15) is 0 Å². The Morgan fingerprint density at radius 2 is 1.69 bits per heavy atom. The fourth-order valence-electron chi connectivity index (χ4n) is 2.96. The molecule has 6 nitrogen and oxygen atoms in total. The van der Waals surface area contributed by atoms with E-state index in [1.807, 2.05) is 18.2 Å². The minimum atomic E-state index is -0.492. The van der Waals surface area contributed by atoms with Crippen LogP contribution in [0, 0.1) is 0 Å². The molecule has 1 aromatic heterocycles. The average molecular weight is 351 g/mol. The molecule has 0 fully saturated rings. The molecule has 3 aromatic rings. The predicted molar refractivity (Wildman–Crippen MR) is 101 cm³/mol. The summed E-state index contributed by atoms with van der Waals surface area (Å²) < 4.78 is 2.37. The summed E-state index contributed by atoms with van der Waals surface area (Å²) in [5.41, 5.74) is 0.848. The van der Waals surface area contributed by atoms with E-state index < -0.39 is 5.69 Å². The number of hydrogen-bond donors (Lipinski definition) is 1. The van der Waals surface area contributed by atoms with Crippen LogP contribution >= 0.6 is 0 Å². The lowest BCUT2D eigenvalue weighted by Crippen LogP contribution is -2.41. The first-order chi connectivity index (χ1) is 12.6. The highest BCUT2D eigenvalue weighted by molar-refractivity contribution is 5.81. The molecule has 0 atom stereocenters. The summed E-state index contributed by atoms with van der Waals surface area (Å²) in [5, 5.41) is 3.26. The number of aromatic nitrogens is 2. The van der Waals surface area contributed by atoms with Crippen molar-refractivity contribution in [3.8, 4) is 0 Å². The number of benzene rings is 2. The maximum Gasteiger partial charge on any atom is 0.331 e. The Hall–Kier alpha value is -3.15. The quantitative estimate of drug-likeness (QED) is 0.683. The Bertz CT molecular complexity index is 1040. The Labute approximate surface area is 150 Å².